The average molecular weight is 629 g/mol. The molecule has 0 unspecified atom stereocenters. The van der Waals surface area contributed by atoms with Gasteiger partial charge in [0.2, 0.25) is 11.8 Å². The fourth-order valence-electron chi connectivity index (χ4n) is 8.08. The number of carbonyl (C=O) groups excluding carboxylic acids is 3. The maximum Gasteiger partial charge on any atom is 0.240 e. The number of piperidine rings is 2. The van der Waals surface area contributed by atoms with Crippen molar-refractivity contribution in [3.63, 3.8) is 0 Å². The van der Waals surface area contributed by atoms with E-state index in [1.54, 1.807) is 0 Å². The van der Waals surface area contributed by atoms with E-state index in [0.717, 1.165) is 63.2 Å². The molecule has 0 aromatic heterocycles. The van der Waals surface area contributed by atoms with Crippen LogP contribution in [0.4, 0.5) is 11.4 Å². The van der Waals surface area contributed by atoms with Crippen LogP contribution < -0.4 is 9.80 Å². The first-order chi connectivity index (χ1) is 22.5. The van der Waals surface area contributed by atoms with Crippen LogP contribution in [0.5, 0.6) is 0 Å². The van der Waals surface area contributed by atoms with Gasteiger partial charge in [-0.25, -0.2) is 0 Å². The fourth-order valence-corrected chi connectivity index (χ4v) is 8.08. The van der Waals surface area contributed by atoms with Crippen LogP contribution >= 0.6 is 0 Å². The third-order valence-electron chi connectivity index (χ3n) is 10.8. The second-order valence-corrected chi connectivity index (χ2v) is 13.3. The van der Waals surface area contributed by atoms with Crippen LogP contribution in [0.2, 0.25) is 0 Å². The van der Waals surface area contributed by atoms with E-state index in [9.17, 15) is 14.4 Å². The number of likely N-dealkylation sites (tertiary alicyclic amines) is 2. The monoisotopic (exact) mass is 628 g/mol. The molecule has 9 nitrogen and oxygen atoms in total. The summed E-state index contributed by atoms with van der Waals surface area (Å²) in [6, 6.07) is 15.9. The number of amides is 2. The molecule has 2 aromatic carbocycles. The molecule has 46 heavy (non-hydrogen) atoms. The first-order valence-corrected chi connectivity index (χ1v) is 17.8. The van der Waals surface area contributed by atoms with E-state index in [1.807, 2.05) is 58.3 Å². The number of hydrogen-bond acceptors (Lipinski definition) is 7. The zero-order valence-electron chi connectivity index (χ0n) is 27.9. The van der Waals surface area contributed by atoms with Gasteiger partial charge in [-0.3, -0.25) is 24.2 Å². The quantitative estimate of drug-likeness (QED) is 0.410. The van der Waals surface area contributed by atoms with E-state index in [0.29, 0.717) is 63.5 Å². The van der Waals surface area contributed by atoms with Crippen molar-refractivity contribution in [2.75, 3.05) is 88.3 Å². The Balaban J connectivity index is 1.12. The van der Waals surface area contributed by atoms with Crippen LogP contribution in [0.3, 0.4) is 0 Å². The maximum atomic E-state index is 14.3. The van der Waals surface area contributed by atoms with Crippen molar-refractivity contribution in [2.45, 2.75) is 64.5 Å². The van der Waals surface area contributed by atoms with Crippen LogP contribution in [0.1, 0.15) is 68.3 Å². The number of benzene rings is 2. The molecule has 2 aromatic rings. The maximum absolute atomic E-state index is 14.3. The molecule has 9 heteroatoms. The number of likely N-dealkylation sites (N-methyl/N-ethyl adjacent to an activating group) is 2. The van der Waals surface area contributed by atoms with Gasteiger partial charge in [0, 0.05) is 74.9 Å². The molecule has 0 radical (unpaired) electrons. The summed E-state index contributed by atoms with van der Waals surface area (Å²) in [5, 5.41) is 0. The summed E-state index contributed by atoms with van der Waals surface area (Å²) < 4.78 is 0. The lowest BCUT2D eigenvalue weighted by Crippen LogP contribution is -2.56. The minimum atomic E-state index is 0.00828. The predicted octanol–water partition coefficient (Wildman–Crippen LogP) is 3.96. The summed E-state index contributed by atoms with van der Waals surface area (Å²) in [6.07, 6.45) is 6.49. The largest absolute Gasteiger partial charge is 0.367 e. The van der Waals surface area contributed by atoms with Crippen LogP contribution in [0, 0.1) is 0 Å². The summed E-state index contributed by atoms with van der Waals surface area (Å²) in [5.74, 6) is 0.551. The van der Waals surface area contributed by atoms with E-state index in [4.69, 9.17) is 0 Å². The summed E-state index contributed by atoms with van der Waals surface area (Å²) in [5.41, 5.74) is 3.27. The van der Waals surface area contributed by atoms with E-state index in [-0.39, 0.29) is 29.7 Å². The van der Waals surface area contributed by atoms with E-state index >= 15 is 0 Å². The number of hydrogen-bond donors (Lipinski definition) is 0. The topological polar surface area (TPSA) is 70.7 Å². The van der Waals surface area contributed by atoms with E-state index < -0.39 is 0 Å². The Morgan fingerprint density at radius 1 is 0.543 bits per heavy atom. The van der Waals surface area contributed by atoms with Crippen LogP contribution in [0.15, 0.2) is 48.5 Å². The zero-order valence-corrected chi connectivity index (χ0v) is 27.9. The van der Waals surface area contributed by atoms with E-state index in [1.165, 1.54) is 12.8 Å². The minimum Gasteiger partial charge on any atom is -0.367 e. The lowest BCUT2D eigenvalue weighted by atomic mass is 9.98. The Labute approximate surface area is 275 Å². The van der Waals surface area contributed by atoms with Gasteiger partial charge in [-0.1, -0.05) is 51.0 Å². The molecule has 4 aliphatic rings. The SMILES string of the molecule is CCN1CCCC[C@H]1C(=O)N1CCN(c2ccccc2C(=O)c2ccccc2N2CCN(C(=O)[C@@H]3CCCCN3CC)CC2)CC1. The van der Waals surface area contributed by atoms with Gasteiger partial charge in [0.1, 0.15) is 0 Å². The molecule has 0 spiro atoms. The summed E-state index contributed by atoms with van der Waals surface area (Å²) in [6.45, 7) is 13.7. The smallest absolute Gasteiger partial charge is 0.240 e. The highest BCUT2D eigenvalue weighted by atomic mass is 16.2. The molecule has 0 bridgehead atoms. The molecule has 2 atom stereocenters. The molecule has 0 saturated carbocycles. The van der Waals surface area contributed by atoms with E-state index in [2.05, 4.69) is 33.4 Å². The molecule has 0 N–H and O–H groups in total. The highest BCUT2D eigenvalue weighted by Crippen LogP contribution is 2.30. The van der Waals surface area contributed by atoms with Gasteiger partial charge in [0.15, 0.2) is 5.78 Å². The lowest BCUT2D eigenvalue weighted by molar-refractivity contribution is -0.139. The van der Waals surface area contributed by atoms with Crippen molar-refractivity contribution in [1.82, 2.24) is 19.6 Å². The van der Waals surface area contributed by atoms with Gasteiger partial charge in [-0.2, -0.15) is 0 Å². The van der Waals surface area contributed by atoms with Gasteiger partial charge in [0.25, 0.3) is 0 Å². The Morgan fingerprint density at radius 2 is 0.935 bits per heavy atom. The first kappa shape index (κ1) is 32.5. The molecular formula is C37H52N6O3. The van der Waals surface area contributed by atoms with Crippen molar-refractivity contribution < 1.29 is 14.4 Å². The predicted molar refractivity (Wildman–Crippen MR) is 184 cm³/mol. The van der Waals surface area contributed by atoms with Crippen LogP contribution in [-0.2, 0) is 9.59 Å². The number of rotatable bonds is 8. The Morgan fingerprint density at radius 3 is 1.33 bits per heavy atom. The van der Waals surface area contributed by atoms with Crippen LogP contribution in [-0.4, -0.2) is 128 Å². The fraction of sp³-hybridized carbons (Fsp3) is 0.595. The minimum absolute atomic E-state index is 0.00828. The third-order valence-corrected chi connectivity index (χ3v) is 10.8. The van der Waals surface area contributed by atoms with Gasteiger partial charge >= 0.3 is 0 Å². The lowest BCUT2D eigenvalue weighted by Gasteiger charge is -2.41. The van der Waals surface area contributed by atoms with Crippen molar-refractivity contribution >= 4 is 29.0 Å². The first-order valence-electron chi connectivity index (χ1n) is 17.8. The molecule has 2 amide bonds. The molecular weight excluding hydrogens is 576 g/mol. The second kappa shape index (κ2) is 15.0. The zero-order chi connectivity index (χ0) is 32.0. The van der Waals surface area contributed by atoms with Crippen molar-refractivity contribution in [3.8, 4) is 0 Å². The molecule has 4 heterocycles. The number of anilines is 2. The van der Waals surface area contributed by atoms with Gasteiger partial charge < -0.3 is 19.6 Å². The Bertz CT molecular complexity index is 1260. The average Bonchev–Trinajstić information content (AvgIpc) is 3.14. The number of ketones is 1. The summed E-state index contributed by atoms with van der Waals surface area (Å²) in [7, 11) is 0. The number of carbonyl (C=O) groups is 3. The standard InChI is InChI=1S/C37H52N6O3/c1-3-38-19-11-9-17-33(38)36(45)42-25-21-40(22-26-42)31-15-7-5-13-29(31)35(44)30-14-6-8-16-32(30)41-23-27-43(28-24-41)37(46)34-18-10-12-20-39(34)4-2/h5-8,13-16,33-34H,3-4,9-12,17-28H2,1-2H3/t33-,34-/m0/s1. The van der Waals surface area contributed by atoms with Gasteiger partial charge in [-0.15, -0.1) is 0 Å². The number of nitrogens with zero attached hydrogens (tertiary/aromatic N) is 6. The normalized spacial score (nSPS) is 23.4. The van der Waals surface area contributed by atoms with Gasteiger partial charge in [-0.05, 0) is 76.1 Å². The van der Waals surface area contributed by atoms with Gasteiger partial charge in [0.05, 0.1) is 12.1 Å². The summed E-state index contributed by atoms with van der Waals surface area (Å²) >= 11 is 0. The number of piperazine rings is 2. The highest BCUT2D eigenvalue weighted by molar-refractivity contribution is 6.15. The second-order valence-electron chi connectivity index (χ2n) is 13.3. The molecule has 4 aliphatic heterocycles. The van der Waals surface area contributed by atoms with Crippen LogP contribution in [0.25, 0.3) is 0 Å². The third kappa shape index (κ3) is 6.81. The highest BCUT2D eigenvalue weighted by Gasteiger charge is 2.35. The molecule has 4 fully saturated rings. The van der Waals surface area contributed by atoms with Crippen molar-refractivity contribution in [1.29, 1.82) is 0 Å². The Hall–Kier alpha value is -3.43. The van der Waals surface area contributed by atoms with Crippen molar-refractivity contribution in [3.05, 3.63) is 59.7 Å². The van der Waals surface area contributed by atoms with Crippen molar-refractivity contribution in [2.24, 2.45) is 0 Å². The molecule has 0 aliphatic carbocycles. The molecule has 6 rings (SSSR count). The number of para-hydroxylation sites is 2. The summed E-state index contributed by atoms with van der Waals surface area (Å²) in [4.78, 5) is 54.5. The molecule has 248 valence electrons. The molecule has 4 saturated heterocycles. The Kier molecular flexibility index (Phi) is 10.6.